The number of hydrogen-bond acceptors (Lipinski definition) is 4. The topological polar surface area (TPSA) is 34.1 Å². The molecule has 21 heavy (non-hydrogen) atoms. The number of benzene rings is 1. The van der Waals surface area contributed by atoms with Crippen molar-refractivity contribution in [3.8, 4) is 5.75 Å². The molecule has 1 heterocycles. The number of thiazole rings is 1. The summed E-state index contributed by atoms with van der Waals surface area (Å²) in [4.78, 5) is 5.74. The minimum atomic E-state index is 0.652. The van der Waals surface area contributed by atoms with Gasteiger partial charge in [-0.3, -0.25) is 0 Å². The van der Waals surface area contributed by atoms with Crippen molar-refractivity contribution >= 4 is 43.2 Å². The van der Waals surface area contributed by atoms with Crippen LogP contribution in [0.25, 0.3) is 0 Å². The van der Waals surface area contributed by atoms with E-state index in [0.717, 1.165) is 44.8 Å². The Morgan fingerprint density at radius 1 is 1.24 bits per heavy atom. The molecule has 1 aromatic heterocycles. The van der Waals surface area contributed by atoms with E-state index in [-0.39, 0.29) is 0 Å². The lowest BCUT2D eigenvalue weighted by atomic mass is 10.2. The molecule has 0 spiro atoms. The third kappa shape index (κ3) is 4.77. The van der Waals surface area contributed by atoms with Crippen molar-refractivity contribution in [3.05, 3.63) is 42.7 Å². The van der Waals surface area contributed by atoms with Crippen molar-refractivity contribution in [2.75, 3.05) is 6.61 Å². The Morgan fingerprint density at radius 3 is 2.71 bits per heavy atom. The number of aryl methyl sites for hydroxylation is 1. The zero-order valence-electron chi connectivity index (χ0n) is 12.1. The fraction of sp³-hybridized carbons (Fsp3) is 0.400. The van der Waals surface area contributed by atoms with E-state index in [1.54, 1.807) is 11.3 Å². The van der Waals surface area contributed by atoms with E-state index >= 15 is 0 Å². The van der Waals surface area contributed by atoms with Crippen LogP contribution < -0.4 is 10.1 Å². The maximum absolute atomic E-state index is 5.73. The molecule has 0 saturated carbocycles. The monoisotopic (exact) mass is 432 g/mol. The number of rotatable bonds is 7. The van der Waals surface area contributed by atoms with Gasteiger partial charge < -0.3 is 10.1 Å². The van der Waals surface area contributed by atoms with E-state index in [2.05, 4.69) is 55.2 Å². The van der Waals surface area contributed by atoms with E-state index in [1.807, 2.05) is 19.2 Å². The molecule has 0 amide bonds. The van der Waals surface area contributed by atoms with Gasteiger partial charge in [-0.15, -0.1) is 11.3 Å². The normalized spacial score (nSPS) is 10.9. The third-order valence-corrected chi connectivity index (χ3v) is 5.10. The molecule has 0 unspecified atom stereocenters. The molecule has 0 aliphatic rings. The Hall–Kier alpha value is -0.430. The molecular formula is C15H18Br2N2OS. The highest BCUT2D eigenvalue weighted by Gasteiger charge is 2.10. The van der Waals surface area contributed by atoms with Gasteiger partial charge >= 0.3 is 0 Å². The molecule has 3 nitrogen and oxygen atoms in total. The highest BCUT2D eigenvalue weighted by atomic mass is 79.9. The standard InChI is InChI=1S/C15H18Br2N2OS/c1-3-12-8-19-14(21-12)9-18-7-10-5-11(16)6-13(17)15(10)20-4-2/h5-6,8,18H,3-4,7,9H2,1-2H3. The summed E-state index contributed by atoms with van der Waals surface area (Å²) in [6, 6.07) is 4.09. The summed E-state index contributed by atoms with van der Waals surface area (Å²) < 4.78 is 7.74. The summed E-state index contributed by atoms with van der Waals surface area (Å²) in [5, 5.41) is 4.56. The van der Waals surface area contributed by atoms with Crippen molar-refractivity contribution in [2.24, 2.45) is 0 Å². The minimum Gasteiger partial charge on any atom is -0.492 e. The number of nitrogens with one attached hydrogen (secondary N) is 1. The van der Waals surface area contributed by atoms with Gasteiger partial charge in [0.25, 0.3) is 0 Å². The molecule has 0 aliphatic carbocycles. The highest BCUT2D eigenvalue weighted by molar-refractivity contribution is 9.11. The van der Waals surface area contributed by atoms with Crippen LogP contribution in [-0.2, 0) is 19.5 Å². The summed E-state index contributed by atoms with van der Waals surface area (Å²) >= 11 is 8.84. The van der Waals surface area contributed by atoms with Crippen molar-refractivity contribution in [1.82, 2.24) is 10.3 Å². The first-order valence-corrected chi connectivity index (χ1v) is 9.29. The van der Waals surface area contributed by atoms with E-state index in [4.69, 9.17) is 4.74 Å². The fourth-order valence-electron chi connectivity index (χ4n) is 1.95. The predicted octanol–water partition coefficient (Wildman–Crippen LogP) is 4.92. The SMILES string of the molecule is CCOc1c(Br)cc(Br)cc1CNCc1ncc(CC)s1. The van der Waals surface area contributed by atoms with Gasteiger partial charge in [-0.05, 0) is 41.4 Å². The maximum Gasteiger partial charge on any atom is 0.138 e. The molecule has 2 rings (SSSR count). The van der Waals surface area contributed by atoms with E-state index in [0.29, 0.717) is 6.61 Å². The fourth-order valence-corrected chi connectivity index (χ4v) is 4.21. The minimum absolute atomic E-state index is 0.652. The largest absolute Gasteiger partial charge is 0.492 e. The molecule has 0 atom stereocenters. The molecule has 0 bridgehead atoms. The van der Waals surface area contributed by atoms with Crippen molar-refractivity contribution in [3.63, 3.8) is 0 Å². The number of nitrogens with zero attached hydrogens (tertiary/aromatic N) is 1. The highest BCUT2D eigenvalue weighted by Crippen LogP contribution is 2.33. The predicted molar refractivity (Wildman–Crippen MR) is 95.0 cm³/mol. The molecule has 114 valence electrons. The van der Waals surface area contributed by atoms with Crippen LogP contribution in [0.15, 0.2) is 27.3 Å². The molecule has 1 aromatic carbocycles. The third-order valence-electron chi connectivity index (χ3n) is 2.92. The lowest BCUT2D eigenvalue weighted by Crippen LogP contribution is -2.13. The van der Waals surface area contributed by atoms with Crippen LogP contribution in [0.3, 0.4) is 0 Å². The number of aromatic nitrogens is 1. The van der Waals surface area contributed by atoms with Crippen LogP contribution in [0.1, 0.15) is 29.3 Å². The average molecular weight is 434 g/mol. The number of halogens is 2. The molecule has 2 aromatic rings. The van der Waals surface area contributed by atoms with Gasteiger partial charge in [0, 0.05) is 34.2 Å². The number of hydrogen-bond donors (Lipinski definition) is 1. The maximum atomic E-state index is 5.73. The van der Waals surface area contributed by atoms with Gasteiger partial charge in [0.05, 0.1) is 11.1 Å². The lowest BCUT2D eigenvalue weighted by molar-refractivity contribution is 0.333. The molecule has 0 radical (unpaired) electrons. The summed E-state index contributed by atoms with van der Waals surface area (Å²) in [6.07, 6.45) is 3.01. The van der Waals surface area contributed by atoms with Crippen molar-refractivity contribution in [1.29, 1.82) is 0 Å². The smallest absolute Gasteiger partial charge is 0.138 e. The average Bonchev–Trinajstić information content (AvgIpc) is 2.90. The van der Waals surface area contributed by atoms with Crippen LogP contribution in [-0.4, -0.2) is 11.6 Å². The van der Waals surface area contributed by atoms with Crippen LogP contribution in [0.2, 0.25) is 0 Å². The van der Waals surface area contributed by atoms with E-state index in [1.165, 1.54) is 4.88 Å². The summed E-state index contributed by atoms with van der Waals surface area (Å²) in [6.45, 7) is 6.32. The molecular weight excluding hydrogens is 416 g/mol. The molecule has 0 saturated heterocycles. The second-order valence-corrected chi connectivity index (χ2v) is 7.46. The first kappa shape index (κ1) is 16.9. The summed E-state index contributed by atoms with van der Waals surface area (Å²) in [7, 11) is 0. The van der Waals surface area contributed by atoms with Crippen LogP contribution in [0.4, 0.5) is 0 Å². The van der Waals surface area contributed by atoms with E-state index < -0.39 is 0 Å². The first-order chi connectivity index (χ1) is 10.1. The lowest BCUT2D eigenvalue weighted by Gasteiger charge is -2.13. The van der Waals surface area contributed by atoms with Crippen LogP contribution in [0.5, 0.6) is 5.75 Å². The van der Waals surface area contributed by atoms with Gasteiger partial charge in [0.15, 0.2) is 0 Å². The zero-order valence-corrected chi connectivity index (χ0v) is 16.1. The molecule has 0 aliphatic heterocycles. The van der Waals surface area contributed by atoms with Crippen LogP contribution >= 0.6 is 43.2 Å². The number of ether oxygens (including phenoxy) is 1. The van der Waals surface area contributed by atoms with E-state index in [9.17, 15) is 0 Å². The van der Waals surface area contributed by atoms with Crippen molar-refractivity contribution < 1.29 is 4.74 Å². The second kappa shape index (κ2) is 8.27. The second-order valence-electron chi connectivity index (χ2n) is 4.49. The van der Waals surface area contributed by atoms with Gasteiger partial charge in [0.2, 0.25) is 0 Å². The summed E-state index contributed by atoms with van der Waals surface area (Å²) in [5.74, 6) is 0.904. The Kier molecular flexibility index (Phi) is 6.67. The Balaban J connectivity index is 2.01. The Morgan fingerprint density at radius 2 is 2.05 bits per heavy atom. The Labute approximate surface area is 146 Å². The quantitative estimate of drug-likeness (QED) is 0.672. The Bertz CT molecular complexity index is 601. The van der Waals surface area contributed by atoms with Gasteiger partial charge in [-0.2, -0.15) is 0 Å². The van der Waals surface area contributed by atoms with Crippen molar-refractivity contribution in [2.45, 2.75) is 33.4 Å². The summed E-state index contributed by atoms with van der Waals surface area (Å²) in [5.41, 5.74) is 1.13. The molecule has 0 fully saturated rings. The van der Waals surface area contributed by atoms with Gasteiger partial charge in [-0.25, -0.2) is 4.98 Å². The van der Waals surface area contributed by atoms with Gasteiger partial charge in [-0.1, -0.05) is 22.9 Å². The molecule has 1 N–H and O–H groups in total. The first-order valence-electron chi connectivity index (χ1n) is 6.89. The molecule has 6 heteroatoms. The van der Waals surface area contributed by atoms with Crippen LogP contribution in [0, 0.1) is 0 Å². The zero-order chi connectivity index (χ0) is 15.2. The van der Waals surface area contributed by atoms with Gasteiger partial charge in [0.1, 0.15) is 10.8 Å².